The Morgan fingerprint density at radius 2 is 1.51 bits per heavy atom. The van der Waals surface area contributed by atoms with Crippen LogP contribution < -0.4 is 24.8 Å². The van der Waals surface area contributed by atoms with Crippen molar-refractivity contribution in [2.24, 2.45) is 0 Å². The zero-order chi connectivity index (χ0) is 25.4. The molecule has 0 saturated heterocycles. The predicted octanol–water partition coefficient (Wildman–Crippen LogP) is 3.57. The number of nitrogens with one attached hydrogen (secondary N) is 3. The summed E-state index contributed by atoms with van der Waals surface area (Å²) < 4.78 is 38.6. The van der Waals surface area contributed by atoms with Crippen LogP contribution in [0.2, 0.25) is 0 Å². The molecule has 184 valence electrons. The number of rotatable bonds is 10. The fourth-order valence-electron chi connectivity index (χ4n) is 3.15. The number of carbonyl (C=O) groups is 2. The molecule has 0 bridgehead atoms. The zero-order valence-corrected chi connectivity index (χ0v) is 20.4. The molecule has 0 atom stereocenters. The molecule has 0 aliphatic rings. The molecule has 3 aromatic carbocycles. The molecule has 0 aliphatic carbocycles. The molecule has 0 aromatic heterocycles. The van der Waals surface area contributed by atoms with Crippen LogP contribution in [0.25, 0.3) is 0 Å². The number of carbonyl (C=O) groups excluding carboxylic acids is 2. The number of sulfonamides is 1. The highest BCUT2D eigenvalue weighted by molar-refractivity contribution is 7.92. The van der Waals surface area contributed by atoms with Crippen LogP contribution in [0.4, 0.5) is 11.4 Å². The first kappa shape index (κ1) is 25.6. The van der Waals surface area contributed by atoms with Gasteiger partial charge in [0.25, 0.3) is 15.9 Å². The van der Waals surface area contributed by atoms with E-state index >= 15 is 0 Å². The monoisotopic (exact) mass is 497 g/mol. The van der Waals surface area contributed by atoms with Gasteiger partial charge in [0.2, 0.25) is 5.91 Å². The summed E-state index contributed by atoms with van der Waals surface area (Å²) in [7, 11) is -2.43. The van der Waals surface area contributed by atoms with E-state index in [1.165, 1.54) is 25.3 Å². The van der Waals surface area contributed by atoms with Crippen molar-refractivity contribution in [1.82, 2.24) is 5.32 Å². The van der Waals surface area contributed by atoms with Gasteiger partial charge in [-0.25, -0.2) is 8.42 Å². The second-order valence-electron chi connectivity index (χ2n) is 7.50. The molecule has 9 nitrogen and oxygen atoms in total. The number of ether oxygens (including phenoxy) is 2. The fraction of sp³-hybridized carbons (Fsp3) is 0.200. The molecule has 10 heteroatoms. The van der Waals surface area contributed by atoms with E-state index in [0.717, 1.165) is 0 Å². The van der Waals surface area contributed by atoms with Crippen molar-refractivity contribution in [3.05, 3.63) is 77.9 Å². The first-order valence-electron chi connectivity index (χ1n) is 10.8. The van der Waals surface area contributed by atoms with E-state index in [1.54, 1.807) is 55.5 Å². The van der Waals surface area contributed by atoms with Gasteiger partial charge in [0.15, 0.2) is 0 Å². The quantitative estimate of drug-likeness (QED) is 0.394. The van der Waals surface area contributed by atoms with Gasteiger partial charge in [-0.1, -0.05) is 6.07 Å². The molecule has 3 N–H and O–H groups in total. The lowest BCUT2D eigenvalue weighted by Gasteiger charge is -2.12. The van der Waals surface area contributed by atoms with Gasteiger partial charge in [-0.15, -0.1) is 0 Å². The lowest BCUT2D eigenvalue weighted by molar-refractivity contribution is -0.115. The van der Waals surface area contributed by atoms with Gasteiger partial charge < -0.3 is 20.1 Å². The van der Waals surface area contributed by atoms with Crippen LogP contribution in [0, 0.1) is 6.92 Å². The van der Waals surface area contributed by atoms with Crippen LogP contribution in [-0.4, -0.2) is 40.5 Å². The third-order valence-electron chi connectivity index (χ3n) is 4.96. The van der Waals surface area contributed by atoms with Crippen molar-refractivity contribution in [3.63, 3.8) is 0 Å². The van der Waals surface area contributed by atoms with Crippen LogP contribution in [0.5, 0.6) is 11.5 Å². The molecule has 0 radical (unpaired) electrons. The maximum absolute atomic E-state index is 12.8. The second kappa shape index (κ2) is 11.4. The molecular formula is C25H27N3O6S. The summed E-state index contributed by atoms with van der Waals surface area (Å²) in [6, 6.07) is 17.5. The van der Waals surface area contributed by atoms with Crippen molar-refractivity contribution in [2.75, 3.05) is 30.3 Å². The molecule has 35 heavy (non-hydrogen) atoms. The molecule has 0 aliphatic heterocycles. The first-order valence-corrected chi connectivity index (χ1v) is 12.3. The number of benzene rings is 3. The summed E-state index contributed by atoms with van der Waals surface area (Å²) in [5.41, 5.74) is 1.62. The molecule has 0 unspecified atom stereocenters. The maximum Gasteiger partial charge on any atom is 0.261 e. The Balaban J connectivity index is 1.64. The van der Waals surface area contributed by atoms with Crippen molar-refractivity contribution < 1.29 is 27.5 Å². The van der Waals surface area contributed by atoms with Gasteiger partial charge in [-0.05, 0) is 80.1 Å². The number of anilines is 2. The molecule has 3 aromatic rings. The summed E-state index contributed by atoms with van der Waals surface area (Å²) in [6.45, 7) is 3.81. The Bertz CT molecular complexity index is 1290. The second-order valence-corrected chi connectivity index (χ2v) is 9.18. The van der Waals surface area contributed by atoms with E-state index in [-0.39, 0.29) is 17.0 Å². The Hall–Kier alpha value is -4.05. The summed E-state index contributed by atoms with van der Waals surface area (Å²) in [4.78, 5) is 24.9. The van der Waals surface area contributed by atoms with Gasteiger partial charge >= 0.3 is 0 Å². The van der Waals surface area contributed by atoms with Gasteiger partial charge in [-0.3, -0.25) is 14.3 Å². The van der Waals surface area contributed by atoms with Crippen molar-refractivity contribution in [1.29, 1.82) is 0 Å². The first-order chi connectivity index (χ1) is 16.7. The highest BCUT2D eigenvalue weighted by Crippen LogP contribution is 2.21. The minimum absolute atomic E-state index is 0.0806. The van der Waals surface area contributed by atoms with Crippen LogP contribution in [-0.2, 0) is 14.8 Å². The van der Waals surface area contributed by atoms with Crippen molar-refractivity contribution in [3.8, 4) is 11.5 Å². The minimum Gasteiger partial charge on any atom is -0.497 e. The molecule has 0 saturated carbocycles. The predicted molar refractivity (Wildman–Crippen MR) is 134 cm³/mol. The Morgan fingerprint density at radius 3 is 2.14 bits per heavy atom. The van der Waals surface area contributed by atoms with Crippen LogP contribution >= 0.6 is 0 Å². The van der Waals surface area contributed by atoms with Crippen LogP contribution in [0.3, 0.4) is 0 Å². The number of hydrogen-bond acceptors (Lipinski definition) is 6. The highest BCUT2D eigenvalue weighted by Gasteiger charge is 2.19. The Morgan fingerprint density at radius 1 is 0.886 bits per heavy atom. The van der Waals surface area contributed by atoms with Gasteiger partial charge in [-0.2, -0.15) is 0 Å². The third kappa shape index (κ3) is 6.97. The molecule has 0 fully saturated rings. The summed E-state index contributed by atoms with van der Waals surface area (Å²) in [5, 5.41) is 5.21. The SMILES string of the molecule is CCOc1ccc(NC(=O)CNC(=O)c2cc(S(=O)(=O)Nc3ccc(OC)cc3)ccc2C)cc1. The average Bonchev–Trinajstić information content (AvgIpc) is 2.84. The van der Waals surface area contributed by atoms with Gasteiger partial charge in [0, 0.05) is 16.9 Å². The normalized spacial score (nSPS) is 10.8. The Kier molecular flexibility index (Phi) is 8.32. The van der Waals surface area contributed by atoms with Crippen LogP contribution in [0.15, 0.2) is 71.6 Å². The van der Waals surface area contributed by atoms with E-state index in [9.17, 15) is 18.0 Å². The van der Waals surface area contributed by atoms with E-state index in [4.69, 9.17) is 9.47 Å². The van der Waals surface area contributed by atoms with Crippen molar-refractivity contribution in [2.45, 2.75) is 18.7 Å². The fourth-order valence-corrected chi connectivity index (χ4v) is 4.23. The average molecular weight is 498 g/mol. The lowest BCUT2D eigenvalue weighted by atomic mass is 10.1. The van der Waals surface area contributed by atoms with Gasteiger partial charge in [0.05, 0.1) is 25.2 Å². The highest BCUT2D eigenvalue weighted by atomic mass is 32.2. The molecule has 0 spiro atoms. The lowest BCUT2D eigenvalue weighted by Crippen LogP contribution is -2.33. The Labute approximate surface area is 204 Å². The number of amides is 2. The standard InChI is InChI=1S/C25H27N3O6S/c1-4-34-21-12-6-18(7-13-21)27-24(29)16-26-25(30)23-15-22(14-5-17(23)2)35(31,32)28-19-8-10-20(33-3)11-9-19/h5-15,28H,4,16H2,1-3H3,(H,26,30)(H,27,29). The molecular weight excluding hydrogens is 470 g/mol. The molecule has 0 heterocycles. The van der Waals surface area contributed by atoms with E-state index in [0.29, 0.717) is 35.0 Å². The number of methoxy groups -OCH3 is 1. The maximum atomic E-state index is 12.8. The van der Waals surface area contributed by atoms with Crippen molar-refractivity contribution >= 4 is 33.2 Å². The number of hydrogen-bond donors (Lipinski definition) is 3. The van der Waals surface area contributed by atoms with E-state index in [2.05, 4.69) is 15.4 Å². The molecule has 2 amide bonds. The zero-order valence-electron chi connectivity index (χ0n) is 19.6. The third-order valence-corrected chi connectivity index (χ3v) is 6.34. The summed E-state index contributed by atoms with van der Waals surface area (Å²) in [5.74, 6) is 0.287. The number of aryl methyl sites for hydroxylation is 1. The van der Waals surface area contributed by atoms with E-state index < -0.39 is 21.8 Å². The summed E-state index contributed by atoms with van der Waals surface area (Å²) >= 11 is 0. The van der Waals surface area contributed by atoms with Gasteiger partial charge in [0.1, 0.15) is 11.5 Å². The minimum atomic E-state index is -3.95. The largest absolute Gasteiger partial charge is 0.497 e. The summed E-state index contributed by atoms with van der Waals surface area (Å²) in [6.07, 6.45) is 0. The topological polar surface area (TPSA) is 123 Å². The van der Waals surface area contributed by atoms with E-state index in [1.807, 2.05) is 6.92 Å². The smallest absolute Gasteiger partial charge is 0.261 e. The molecule has 3 rings (SSSR count). The van der Waals surface area contributed by atoms with Crippen LogP contribution in [0.1, 0.15) is 22.8 Å².